The average Bonchev–Trinajstić information content (AvgIpc) is 3.24. The fourth-order valence-electron chi connectivity index (χ4n) is 2.88. The van der Waals surface area contributed by atoms with Gasteiger partial charge in [-0.3, -0.25) is 19.6 Å². The molecule has 1 heterocycles. The maximum Gasteiger partial charge on any atom is 0.288 e. The topological polar surface area (TPSA) is 112 Å². The fraction of sp³-hybridized carbons (Fsp3) is 0.381. The molecule has 2 aromatic rings. The van der Waals surface area contributed by atoms with Crippen LogP contribution in [0, 0.1) is 5.92 Å². The Bertz CT molecular complexity index is 791. The number of amides is 3. The Balaban J connectivity index is 1.85. The Labute approximate surface area is 169 Å². The van der Waals surface area contributed by atoms with E-state index in [0.717, 1.165) is 24.8 Å². The predicted molar refractivity (Wildman–Crippen MR) is 107 cm³/mol. The molecule has 8 heteroatoms. The van der Waals surface area contributed by atoms with Gasteiger partial charge in [0.1, 0.15) is 5.76 Å². The van der Waals surface area contributed by atoms with Crippen molar-refractivity contribution in [2.24, 2.45) is 5.92 Å². The first-order chi connectivity index (χ1) is 14.0. The average molecular weight is 401 g/mol. The van der Waals surface area contributed by atoms with Gasteiger partial charge in [0.15, 0.2) is 5.76 Å². The van der Waals surface area contributed by atoms with Crippen LogP contribution in [-0.4, -0.2) is 41.7 Å². The summed E-state index contributed by atoms with van der Waals surface area (Å²) in [6.07, 6.45) is 3.56. The molecular weight excluding hydrogens is 374 g/mol. The summed E-state index contributed by atoms with van der Waals surface area (Å²) in [6, 6.07) is 12.7. The van der Waals surface area contributed by atoms with Crippen LogP contribution in [0.5, 0.6) is 0 Å². The molecule has 0 radical (unpaired) electrons. The Kier molecular flexibility index (Phi) is 8.91. The van der Waals surface area contributed by atoms with E-state index in [2.05, 4.69) is 10.6 Å². The van der Waals surface area contributed by atoms with Gasteiger partial charge in [0.25, 0.3) is 5.91 Å². The Hall–Kier alpha value is -3.13. The monoisotopic (exact) mass is 401 g/mol. The summed E-state index contributed by atoms with van der Waals surface area (Å²) in [4.78, 5) is 35.2. The minimum absolute atomic E-state index is 0.0875. The van der Waals surface area contributed by atoms with Gasteiger partial charge >= 0.3 is 0 Å². The first kappa shape index (κ1) is 22.2. The van der Waals surface area contributed by atoms with Crippen molar-refractivity contribution in [2.75, 3.05) is 13.2 Å². The molecule has 8 nitrogen and oxygen atoms in total. The number of benzene rings is 1. The highest BCUT2D eigenvalue weighted by molar-refractivity contribution is 5.92. The summed E-state index contributed by atoms with van der Waals surface area (Å²) in [5, 5.41) is 15.0. The van der Waals surface area contributed by atoms with Crippen molar-refractivity contribution in [2.45, 2.75) is 32.6 Å². The molecule has 0 saturated carbocycles. The first-order valence-corrected chi connectivity index (χ1v) is 9.67. The number of hydroxylamine groups is 2. The van der Waals surface area contributed by atoms with E-state index in [0.29, 0.717) is 17.2 Å². The lowest BCUT2D eigenvalue weighted by Gasteiger charge is -2.19. The summed E-state index contributed by atoms with van der Waals surface area (Å²) in [5.74, 6) is -0.631. The van der Waals surface area contributed by atoms with Crippen LogP contribution in [0.2, 0.25) is 0 Å². The van der Waals surface area contributed by atoms with Crippen LogP contribution in [0.1, 0.15) is 43.2 Å². The zero-order chi connectivity index (χ0) is 21.1. The van der Waals surface area contributed by atoms with E-state index >= 15 is 0 Å². The SMILES string of the molecule is CCCCCC(CN(O)C=O)C(=O)NCNC(=O)c1ccc(-c2ccccc2)o1. The van der Waals surface area contributed by atoms with Crippen LogP contribution < -0.4 is 10.6 Å². The highest BCUT2D eigenvalue weighted by atomic mass is 16.5. The predicted octanol–water partition coefficient (Wildman–Crippen LogP) is 2.79. The molecular formula is C21H27N3O5. The molecule has 0 fully saturated rings. The number of nitrogens with one attached hydrogen (secondary N) is 2. The van der Waals surface area contributed by atoms with Gasteiger partial charge in [0.2, 0.25) is 12.3 Å². The molecule has 0 aliphatic rings. The van der Waals surface area contributed by atoms with Crippen LogP contribution in [0.15, 0.2) is 46.9 Å². The van der Waals surface area contributed by atoms with Gasteiger partial charge in [-0.15, -0.1) is 0 Å². The van der Waals surface area contributed by atoms with Crippen molar-refractivity contribution in [1.82, 2.24) is 15.7 Å². The lowest BCUT2D eigenvalue weighted by Crippen LogP contribution is -2.42. The Morgan fingerprint density at radius 2 is 1.90 bits per heavy atom. The molecule has 1 atom stereocenters. The number of furan rings is 1. The lowest BCUT2D eigenvalue weighted by molar-refractivity contribution is -0.154. The second-order valence-electron chi connectivity index (χ2n) is 6.67. The summed E-state index contributed by atoms with van der Waals surface area (Å²) in [7, 11) is 0. The minimum atomic E-state index is -0.554. The van der Waals surface area contributed by atoms with Crippen molar-refractivity contribution < 1.29 is 24.0 Å². The van der Waals surface area contributed by atoms with Crippen molar-refractivity contribution >= 4 is 18.2 Å². The third-order valence-electron chi connectivity index (χ3n) is 4.46. The van der Waals surface area contributed by atoms with E-state index in [-0.39, 0.29) is 31.3 Å². The van der Waals surface area contributed by atoms with Crippen LogP contribution >= 0.6 is 0 Å². The Morgan fingerprint density at radius 1 is 1.14 bits per heavy atom. The van der Waals surface area contributed by atoms with Crippen molar-refractivity contribution in [3.05, 3.63) is 48.2 Å². The minimum Gasteiger partial charge on any atom is -0.451 e. The van der Waals surface area contributed by atoms with Crippen LogP contribution in [0.25, 0.3) is 11.3 Å². The summed E-state index contributed by atoms with van der Waals surface area (Å²) in [6.45, 7) is 1.87. The second kappa shape index (κ2) is 11.7. The maximum absolute atomic E-state index is 12.4. The highest BCUT2D eigenvalue weighted by Crippen LogP contribution is 2.21. The summed E-state index contributed by atoms with van der Waals surface area (Å²) < 4.78 is 5.57. The van der Waals surface area contributed by atoms with Gasteiger partial charge in [0, 0.05) is 5.56 Å². The number of hydrogen-bond donors (Lipinski definition) is 3. The van der Waals surface area contributed by atoms with E-state index in [1.165, 1.54) is 0 Å². The number of rotatable bonds is 12. The number of hydrogen-bond acceptors (Lipinski definition) is 5. The van der Waals surface area contributed by atoms with Gasteiger partial charge in [0.05, 0.1) is 19.1 Å². The lowest BCUT2D eigenvalue weighted by atomic mass is 10.0. The molecule has 3 amide bonds. The molecule has 29 heavy (non-hydrogen) atoms. The van der Waals surface area contributed by atoms with E-state index in [4.69, 9.17) is 4.42 Å². The largest absolute Gasteiger partial charge is 0.451 e. The van der Waals surface area contributed by atoms with E-state index in [1.807, 2.05) is 37.3 Å². The molecule has 0 aliphatic carbocycles. The molecule has 1 aromatic carbocycles. The zero-order valence-corrected chi connectivity index (χ0v) is 16.5. The van der Waals surface area contributed by atoms with Gasteiger partial charge in [-0.2, -0.15) is 0 Å². The molecule has 0 spiro atoms. The smallest absolute Gasteiger partial charge is 0.288 e. The fourth-order valence-corrected chi connectivity index (χ4v) is 2.88. The van der Waals surface area contributed by atoms with Crippen molar-refractivity contribution in [3.8, 4) is 11.3 Å². The van der Waals surface area contributed by atoms with Crippen molar-refractivity contribution in [3.63, 3.8) is 0 Å². The van der Waals surface area contributed by atoms with Gasteiger partial charge in [-0.25, -0.2) is 5.06 Å². The summed E-state index contributed by atoms with van der Waals surface area (Å²) >= 11 is 0. The number of nitrogens with zero attached hydrogens (tertiary/aromatic N) is 1. The Morgan fingerprint density at radius 3 is 2.59 bits per heavy atom. The number of carbonyl (C=O) groups is 3. The number of unbranched alkanes of at least 4 members (excludes halogenated alkanes) is 2. The van der Waals surface area contributed by atoms with E-state index < -0.39 is 11.8 Å². The molecule has 2 rings (SSSR count). The molecule has 156 valence electrons. The standard InChI is InChI=1S/C21H27N3O5/c1-2-3-5-10-17(13-24(28)15-25)20(26)22-14-23-21(27)19-12-11-18(29-19)16-8-6-4-7-9-16/h4,6-9,11-12,15,17,28H,2-3,5,10,13-14H2,1H3,(H,22,26)(H,23,27). The molecule has 3 N–H and O–H groups in total. The normalized spacial score (nSPS) is 11.5. The van der Waals surface area contributed by atoms with Gasteiger partial charge < -0.3 is 15.1 Å². The molecule has 0 bridgehead atoms. The third-order valence-corrected chi connectivity index (χ3v) is 4.46. The quantitative estimate of drug-likeness (QED) is 0.166. The molecule has 1 aromatic heterocycles. The zero-order valence-electron chi connectivity index (χ0n) is 16.5. The van der Waals surface area contributed by atoms with Crippen LogP contribution in [0.3, 0.4) is 0 Å². The summed E-state index contributed by atoms with van der Waals surface area (Å²) in [5.41, 5.74) is 0.860. The van der Waals surface area contributed by atoms with Crippen molar-refractivity contribution in [1.29, 1.82) is 0 Å². The van der Waals surface area contributed by atoms with Gasteiger partial charge in [-0.05, 0) is 18.6 Å². The molecule has 0 aliphatic heterocycles. The molecule has 1 unspecified atom stereocenters. The first-order valence-electron chi connectivity index (χ1n) is 9.67. The highest BCUT2D eigenvalue weighted by Gasteiger charge is 2.20. The third kappa shape index (κ3) is 7.08. The van der Waals surface area contributed by atoms with E-state index in [9.17, 15) is 19.6 Å². The van der Waals surface area contributed by atoms with Crippen LogP contribution in [-0.2, 0) is 9.59 Å². The number of carbonyl (C=O) groups excluding carboxylic acids is 3. The second-order valence-corrected chi connectivity index (χ2v) is 6.67. The van der Waals surface area contributed by atoms with E-state index in [1.54, 1.807) is 12.1 Å². The van der Waals surface area contributed by atoms with Crippen LogP contribution in [0.4, 0.5) is 0 Å². The van der Waals surface area contributed by atoms with Gasteiger partial charge in [-0.1, -0.05) is 56.5 Å². The molecule has 0 saturated heterocycles. The maximum atomic E-state index is 12.4.